The van der Waals surface area contributed by atoms with Crippen LogP contribution in [0.15, 0.2) is 65.1 Å². The van der Waals surface area contributed by atoms with Crippen LogP contribution in [0.3, 0.4) is 0 Å². The number of amides is 2. The van der Waals surface area contributed by atoms with E-state index in [0.717, 1.165) is 27.2 Å². The second kappa shape index (κ2) is 12.0. The molecule has 2 aromatic carbocycles. The van der Waals surface area contributed by atoms with Crippen molar-refractivity contribution in [2.24, 2.45) is 5.92 Å². The number of carbonyl (C=O) groups excluding carboxylic acids is 3. The zero-order valence-electron chi connectivity index (χ0n) is 21.0. The molecular formula is C29H31NO7. The average molecular weight is 506 g/mol. The number of cyclic esters (lactones) is 1. The van der Waals surface area contributed by atoms with Crippen LogP contribution < -0.4 is 0 Å². The molecule has 3 aromatic rings. The number of rotatable bonds is 11. The van der Waals surface area contributed by atoms with Gasteiger partial charge in [-0.1, -0.05) is 60.2 Å². The molecule has 1 saturated heterocycles. The monoisotopic (exact) mass is 505 g/mol. The standard InChI is InChI=1S/C29H31NO7/c1-19-8-6-11-22(16-19)23-17-26(37-25(23)12-7-14-35-15-13-31)27(32)20(2)28(33)30-24(18-36-29(30)34)21-9-4-3-5-10-21/h3-6,8-11,16-17,20,24,31H,7,12-15,18H2,1-2H3/t20-,24+/m1/s1. The van der Waals surface area contributed by atoms with Crippen molar-refractivity contribution in [3.05, 3.63) is 83.3 Å². The highest BCUT2D eigenvalue weighted by Crippen LogP contribution is 2.33. The third kappa shape index (κ3) is 5.98. The maximum Gasteiger partial charge on any atom is 0.417 e. The Bertz CT molecular complexity index is 1250. The van der Waals surface area contributed by atoms with Crippen LogP contribution in [0.25, 0.3) is 11.1 Å². The van der Waals surface area contributed by atoms with Crippen molar-refractivity contribution in [1.82, 2.24) is 4.90 Å². The third-order valence-electron chi connectivity index (χ3n) is 6.37. The first-order valence-corrected chi connectivity index (χ1v) is 12.4. The number of benzene rings is 2. The summed E-state index contributed by atoms with van der Waals surface area (Å²) in [4.78, 5) is 40.3. The van der Waals surface area contributed by atoms with Gasteiger partial charge in [-0.15, -0.1) is 0 Å². The number of carbonyl (C=O) groups is 3. The normalized spacial score (nSPS) is 16.0. The molecule has 8 heteroatoms. The molecule has 0 radical (unpaired) electrons. The van der Waals surface area contributed by atoms with Gasteiger partial charge in [0.25, 0.3) is 0 Å². The molecule has 0 spiro atoms. The van der Waals surface area contributed by atoms with Crippen LogP contribution in [0.5, 0.6) is 0 Å². The Labute approximate surface area is 215 Å². The summed E-state index contributed by atoms with van der Waals surface area (Å²) < 4.78 is 16.5. The molecule has 1 aromatic heterocycles. The van der Waals surface area contributed by atoms with Crippen molar-refractivity contribution in [3.63, 3.8) is 0 Å². The molecule has 8 nitrogen and oxygen atoms in total. The SMILES string of the molecule is Cc1cccc(-c2cc(C(=O)[C@@H](C)C(=O)N3C(=O)OC[C@H]3c3ccccc3)oc2CCCOCCO)c1. The van der Waals surface area contributed by atoms with Crippen LogP contribution in [0.4, 0.5) is 4.79 Å². The van der Waals surface area contributed by atoms with Crippen LogP contribution in [0.1, 0.15) is 46.8 Å². The first-order valence-electron chi connectivity index (χ1n) is 12.4. The van der Waals surface area contributed by atoms with E-state index in [2.05, 4.69) is 0 Å². The number of hydrogen-bond donors (Lipinski definition) is 1. The van der Waals surface area contributed by atoms with E-state index in [9.17, 15) is 14.4 Å². The van der Waals surface area contributed by atoms with Crippen molar-refractivity contribution >= 4 is 17.8 Å². The number of imide groups is 1. The second-order valence-electron chi connectivity index (χ2n) is 9.05. The Hall–Kier alpha value is -3.75. The lowest BCUT2D eigenvalue weighted by Gasteiger charge is -2.22. The van der Waals surface area contributed by atoms with Gasteiger partial charge in [0.05, 0.1) is 13.2 Å². The number of hydrogen-bond acceptors (Lipinski definition) is 7. The maximum absolute atomic E-state index is 13.4. The van der Waals surface area contributed by atoms with Crippen LogP contribution in [-0.2, 0) is 20.7 Å². The highest BCUT2D eigenvalue weighted by molar-refractivity contribution is 6.12. The number of nitrogens with zero attached hydrogens (tertiary/aromatic N) is 1. The van der Waals surface area contributed by atoms with Crippen molar-refractivity contribution < 1.29 is 33.4 Å². The average Bonchev–Trinajstić information content (AvgIpc) is 3.51. The van der Waals surface area contributed by atoms with Gasteiger partial charge in [0.1, 0.15) is 24.3 Å². The summed E-state index contributed by atoms with van der Waals surface area (Å²) in [6.07, 6.45) is 0.382. The fraction of sp³-hybridized carbons (Fsp3) is 0.345. The molecule has 2 heterocycles. The Morgan fingerprint density at radius 2 is 1.89 bits per heavy atom. The predicted octanol–water partition coefficient (Wildman–Crippen LogP) is 4.74. The topological polar surface area (TPSA) is 106 Å². The van der Waals surface area contributed by atoms with Crippen molar-refractivity contribution in [3.8, 4) is 11.1 Å². The molecule has 194 valence electrons. The summed E-state index contributed by atoms with van der Waals surface area (Å²) in [5.74, 6) is -1.60. The molecule has 0 aliphatic carbocycles. The molecule has 1 fully saturated rings. The van der Waals surface area contributed by atoms with E-state index in [4.69, 9.17) is 19.0 Å². The van der Waals surface area contributed by atoms with Crippen LogP contribution in [-0.4, -0.2) is 54.2 Å². The fourth-order valence-corrected chi connectivity index (χ4v) is 4.41. The van der Waals surface area contributed by atoms with Gasteiger partial charge in [0.2, 0.25) is 11.7 Å². The Morgan fingerprint density at radius 1 is 1.11 bits per heavy atom. The van der Waals surface area contributed by atoms with Crippen molar-refractivity contribution in [2.45, 2.75) is 32.7 Å². The third-order valence-corrected chi connectivity index (χ3v) is 6.37. The van der Waals surface area contributed by atoms with E-state index < -0.39 is 29.7 Å². The maximum atomic E-state index is 13.4. The van der Waals surface area contributed by atoms with E-state index in [-0.39, 0.29) is 25.6 Å². The lowest BCUT2D eigenvalue weighted by atomic mass is 9.98. The zero-order chi connectivity index (χ0) is 26.4. The lowest BCUT2D eigenvalue weighted by molar-refractivity contribution is -0.131. The number of aryl methyl sites for hydroxylation is 2. The lowest BCUT2D eigenvalue weighted by Crippen LogP contribution is -2.40. The molecule has 4 rings (SSSR count). The molecule has 2 atom stereocenters. The van der Waals surface area contributed by atoms with Gasteiger partial charge < -0.3 is 19.0 Å². The summed E-state index contributed by atoms with van der Waals surface area (Å²) in [6, 6.07) is 18.1. The van der Waals surface area contributed by atoms with E-state index >= 15 is 0 Å². The zero-order valence-corrected chi connectivity index (χ0v) is 21.0. The smallest absolute Gasteiger partial charge is 0.417 e. The minimum absolute atomic E-state index is 0.0380. The van der Waals surface area contributed by atoms with E-state index in [0.29, 0.717) is 25.2 Å². The molecule has 2 amide bonds. The summed E-state index contributed by atoms with van der Waals surface area (Å²) in [5, 5.41) is 8.90. The largest absolute Gasteiger partial charge is 0.457 e. The number of Topliss-reactive ketones (excluding diaryl/α,β-unsaturated/α-hetero) is 1. The number of furan rings is 1. The van der Waals surface area contributed by atoms with Gasteiger partial charge in [-0.3, -0.25) is 9.59 Å². The molecule has 0 saturated carbocycles. The second-order valence-corrected chi connectivity index (χ2v) is 9.05. The molecule has 0 bridgehead atoms. The molecule has 1 N–H and O–H groups in total. The summed E-state index contributed by atoms with van der Waals surface area (Å²) in [7, 11) is 0. The minimum Gasteiger partial charge on any atom is -0.457 e. The van der Waals surface area contributed by atoms with Gasteiger partial charge in [-0.25, -0.2) is 9.69 Å². The number of aliphatic hydroxyl groups is 1. The first-order chi connectivity index (χ1) is 17.9. The number of ether oxygens (including phenoxy) is 2. The minimum atomic E-state index is -1.14. The van der Waals surface area contributed by atoms with E-state index in [1.54, 1.807) is 6.07 Å². The molecule has 1 aliphatic rings. The number of aliphatic hydroxyl groups excluding tert-OH is 1. The Morgan fingerprint density at radius 3 is 2.62 bits per heavy atom. The van der Waals surface area contributed by atoms with Gasteiger partial charge in [0.15, 0.2) is 5.76 Å². The summed E-state index contributed by atoms with van der Waals surface area (Å²) in [5.41, 5.74) is 3.50. The quantitative estimate of drug-likeness (QED) is 0.228. The highest BCUT2D eigenvalue weighted by Gasteiger charge is 2.42. The predicted molar refractivity (Wildman–Crippen MR) is 136 cm³/mol. The molecule has 0 unspecified atom stereocenters. The Balaban J connectivity index is 1.57. The Kier molecular flexibility index (Phi) is 8.53. The molecule has 37 heavy (non-hydrogen) atoms. The first kappa shape index (κ1) is 26.3. The fourth-order valence-electron chi connectivity index (χ4n) is 4.41. The van der Waals surface area contributed by atoms with Crippen LogP contribution in [0, 0.1) is 12.8 Å². The van der Waals surface area contributed by atoms with Gasteiger partial charge in [-0.2, -0.15) is 0 Å². The van der Waals surface area contributed by atoms with E-state index in [1.165, 1.54) is 6.92 Å². The van der Waals surface area contributed by atoms with Gasteiger partial charge >= 0.3 is 6.09 Å². The van der Waals surface area contributed by atoms with Crippen LogP contribution >= 0.6 is 0 Å². The van der Waals surface area contributed by atoms with Crippen molar-refractivity contribution in [1.29, 1.82) is 0 Å². The number of ketones is 1. The van der Waals surface area contributed by atoms with Crippen LogP contribution in [0.2, 0.25) is 0 Å². The molecule has 1 aliphatic heterocycles. The molecular weight excluding hydrogens is 474 g/mol. The van der Waals surface area contributed by atoms with Gasteiger partial charge in [-0.05, 0) is 37.5 Å². The van der Waals surface area contributed by atoms with Gasteiger partial charge in [0, 0.05) is 18.6 Å². The summed E-state index contributed by atoms with van der Waals surface area (Å²) >= 11 is 0. The summed E-state index contributed by atoms with van der Waals surface area (Å²) in [6.45, 7) is 4.15. The highest BCUT2D eigenvalue weighted by atomic mass is 16.6. The van der Waals surface area contributed by atoms with E-state index in [1.807, 2.05) is 61.5 Å². The van der Waals surface area contributed by atoms with Crippen molar-refractivity contribution in [2.75, 3.05) is 26.4 Å².